The summed E-state index contributed by atoms with van der Waals surface area (Å²) in [7, 11) is 0. The molecule has 3 unspecified atom stereocenters. The molecule has 2 heterocycles. The van der Waals surface area contributed by atoms with Gasteiger partial charge in [-0.15, -0.1) is 11.6 Å². The van der Waals surface area contributed by atoms with Crippen LogP contribution in [-0.2, 0) is 4.79 Å². The number of hydrogen-bond acceptors (Lipinski definition) is 4. The van der Waals surface area contributed by atoms with Gasteiger partial charge in [-0.3, -0.25) is 9.69 Å². The van der Waals surface area contributed by atoms with Crippen molar-refractivity contribution < 1.29 is 4.79 Å². The summed E-state index contributed by atoms with van der Waals surface area (Å²) in [5.41, 5.74) is 0. The number of piperazine rings is 2. The number of alkyl halides is 1. The number of fused-ring (bicyclic) bond motifs is 1. The van der Waals surface area contributed by atoms with Crippen LogP contribution in [0.2, 0.25) is 0 Å². The third-order valence-corrected chi connectivity index (χ3v) is 5.95. The minimum atomic E-state index is -0.139. The molecule has 4 atom stereocenters. The first-order valence-electron chi connectivity index (χ1n) is 7.93. The fraction of sp³-hybridized carbons (Fsp3) is 0.867. The van der Waals surface area contributed by atoms with Gasteiger partial charge < -0.3 is 9.80 Å². The van der Waals surface area contributed by atoms with Crippen LogP contribution in [0.1, 0.15) is 26.2 Å². The molecule has 0 aromatic carbocycles. The molecule has 2 aliphatic heterocycles. The molecule has 3 rings (SSSR count). The Balaban J connectivity index is 1.68. The Morgan fingerprint density at radius 2 is 2.00 bits per heavy atom. The number of rotatable bonds is 1. The lowest BCUT2D eigenvalue weighted by molar-refractivity contribution is -0.148. The van der Waals surface area contributed by atoms with E-state index in [9.17, 15) is 4.79 Å². The molecular weight excluding hydrogens is 288 g/mol. The number of amides is 1. The molecular formula is C15H23ClN4O. The van der Waals surface area contributed by atoms with Crippen molar-refractivity contribution in [3.8, 4) is 6.19 Å². The Labute approximate surface area is 131 Å². The number of hydrogen-bond donors (Lipinski definition) is 0. The summed E-state index contributed by atoms with van der Waals surface area (Å²) in [5, 5.41) is 9.24. The molecule has 5 nitrogen and oxygen atoms in total. The predicted octanol–water partition coefficient (Wildman–Crippen LogP) is 1.09. The van der Waals surface area contributed by atoms with E-state index in [0.717, 1.165) is 45.4 Å². The van der Waals surface area contributed by atoms with Crippen LogP contribution in [0.4, 0.5) is 0 Å². The summed E-state index contributed by atoms with van der Waals surface area (Å²) >= 11 is 6.41. The first-order valence-corrected chi connectivity index (χ1v) is 8.37. The zero-order valence-electron chi connectivity index (χ0n) is 12.5. The Kier molecular flexibility index (Phi) is 4.28. The van der Waals surface area contributed by atoms with E-state index in [0.29, 0.717) is 12.5 Å². The average Bonchev–Trinajstić information content (AvgIpc) is 2.50. The summed E-state index contributed by atoms with van der Waals surface area (Å²) in [6.45, 7) is 6.03. The molecule has 1 amide bonds. The molecule has 0 N–H and O–H groups in total. The summed E-state index contributed by atoms with van der Waals surface area (Å²) in [6.07, 6.45) is 5.24. The third-order valence-electron chi connectivity index (χ3n) is 5.34. The summed E-state index contributed by atoms with van der Waals surface area (Å²) in [6, 6.07) is 0.149. The Bertz CT molecular complexity index is 451. The second kappa shape index (κ2) is 6.02. The van der Waals surface area contributed by atoms with E-state index in [1.165, 1.54) is 0 Å². The fourth-order valence-corrected chi connectivity index (χ4v) is 4.17. The Hall–Kier alpha value is -0.990. The molecule has 2 saturated heterocycles. The normalized spacial score (nSPS) is 38.0. The smallest absolute Gasteiger partial charge is 0.242 e. The van der Waals surface area contributed by atoms with Gasteiger partial charge in [0.1, 0.15) is 6.04 Å². The molecule has 0 bridgehead atoms. The first kappa shape index (κ1) is 14.9. The summed E-state index contributed by atoms with van der Waals surface area (Å²) < 4.78 is 0. The number of carbonyl (C=O) groups is 1. The molecule has 21 heavy (non-hydrogen) atoms. The predicted molar refractivity (Wildman–Crippen MR) is 80.7 cm³/mol. The molecule has 1 aliphatic carbocycles. The zero-order chi connectivity index (χ0) is 15.0. The molecule has 0 radical (unpaired) electrons. The van der Waals surface area contributed by atoms with Gasteiger partial charge in [0, 0.05) is 37.6 Å². The SMILES string of the molecule is CC1CCC(N2CCN3CCN(C#N)C[C@@H]3C2=O)CC1Cl. The molecule has 0 aromatic rings. The molecule has 6 heteroatoms. The standard InChI is InChI=1S/C15H23ClN4O/c1-11-2-3-12(8-13(11)16)20-7-6-19-5-4-18(10-17)9-14(19)15(20)21/h11-14H,2-9H2,1H3/t11?,12?,13?,14-/m1/s1. The van der Waals surface area contributed by atoms with Gasteiger partial charge in [0.25, 0.3) is 0 Å². The molecule has 0 spiro atoms. The van der Waals surface area contributed by atoms with Gasteiger partial charge in [-0.2, -0.15) is 5.26 Å². The van der Waals surface area contributed by atoms with Gasteiger partial charge in [-0.1, -0.05) is 6.92 Å². The van der Waals surface area contributed by atoms with E-state index in [2.05, 4.69) is 18.0 Å². The van der Waals surface area contributed by atoms with Crippen LogP contribution in [0.25, 0.3) is 0 Å². The highest BCUT2D eigenvalue weighted by atomic mass is 35.5. The number of halogens is 1. The van der Waals surface area contributed by atoms with Crippen LogP contribution in [0.5, 0.6) is 0 Å². The summed E-state index contributed by atoms with van der Waals surface area (Å²) in [4.78, 5) is 18.8. The minimum absolute atomic E-state index is 0.139. The van der Waals surface area contributed by atoms with Crippen LogP contribution in [0.3, 0.4) is 0 Å². The first-order chi connectivity index (χ1) is 10.1. The lowest BCUT2D eigenvalue weighted by Crippen LogP contribution is -2.66. The Morgan fingerprint density at radius 1 is 1.24 bits per heavy atom. The quantitative estimate of drug-likeness (QED) is 0.537. The largest absolute Gasteiger partial charge is 0.337 e. The van der Waals surface area contributed by atoms with Crippen molar-refractivity contribution in [3.63, 3.8) is 0 Å². The van der Waals surface area contributed by atoms with Crippen molar-refractivity contribution in [3.05, 3.63) is 0 Å². The van der Waals surface area contributed by atoms with Crippen LogP contribution in [0.15, 0.2) is 0 Å². The lowest BCUT2D eigenvalue weighted by Gasteiger charge is -2.48. The highest BCUT2D eigenvalue weighted by Gasteiger charge is 2.42. The number of carbonyl (C=O) groups excluding carboxylic acids is 1. The fourth-order valence-electron chi connectivity index (χ4n) is 3.84. The highest BCUT2D eigenvalue weighted by Crippen LogP contribution is 2.32. The molecule has 116 valence electrons. The zero-order valence-corrected chi connectivity index (χ0v) is 13.3. The van der Waals surface area contributed by atoms with E-state index in [1.54, 1.807) is 4.90 Å². The van der Waals surface area contributed by atoms with E-state index in [1.807, 2.05) is 4.90 Å². The highest BCUT2D eigenvalue weighted by molar-refractivity contribution is 6.20. The molecule has 0 aromatic heterocycles. The van der Waals surface area contributed by atoms with Gasteiger partial charge in [0.2, 0.25) is 5.91 Å². The van der Waals surface area contributed by atoms with Gasteiger partial charge in [-0.25, -0.2) is 0 Å². The van der Waals surface area contributed by atoms with Gasteiger partial charge in [-0.05, 0) is 25.2 Å². The van der Waals surface area contributed by atoms with Crippen LogP contribution in [-0.4, -0.2) is 70.8 Å². The third kappa shape index (κ3) is 2.84. The maximum Gasteiger partial charge on any atom is 0.242 e. The van der Waals surface area contributed by atoms with Crippen LogP contribution < -0.4 is 0 Å². The van der Waals surface area contributed by atoms with Crippen molar-refractivity contribution in [1.82, 2.24) is 14.7 Å². The molecule has 3 aliphatic rings. The van der Waals surface area contributed by atoms with Gasteiger partial charge in [0.05, 0.1) is 6.54 Å². The van der Waals surface area contributed by atoms with Crippen molar-refractivity contribution >= 4 is 17.5 Å². The van der Waals surface area contributed by atoms with E-state index in [4.69, 9.17) is 16.9 Å². The number of nitriles is 1. The average molecular weight is 311 g/mol. The maximum atomic E-state index is 12.8. The van der Waals surface area contributed by atoms with Crippen LogP contribution in [0, 0.1) is 17.4 Å². The molecule has 1 saturated carbocycles. The topological polar surface area (TPSA) is 50.6 Å². The maximum absolute atomic E-state index is 12.8. The minimum Gasteiger partial charge on any atom is -0.337 e. The van der Waals surface area contributed by atoms with E-state index >= 15 is 0 Å². The second-order valence-electron chi connectivity index (χ2n) is 6.59. The van der Waals surface area contributed by atoms with Gasteiger partial charge in [0.15, 0.2) is 6.19 Å². The van der Waals surface area contributed by atoms with Crippen molar-refractivity contribution in [2.24, 2.45) is 5.92 Å². The summed E-state index contributed by atoms with van der Waals surface area (Å²) in [5.74, 6) is 0.743. The Morgan fingerprint density at radius 3 is 2.71 bits per heavy atom. The van der Waals surface area contributed by atoms with Crippen molar-refractivity contribution in [1.29, 1.82) is 5.26 Å². The van der Waals surface area contributed by atoms with Gasteiger partial charge >= 0.3 is 0 Å². The van der Waals surface area contributed by atoms with Crippen LogP contribution >= 0.6 is 11.6 Å². The monoisotopic (exact) mass is 310 g/mol. The van der Waals surface area contributed by atoms with E-state index in [-0.39, 0.29) is 23.4 Å². The lowest BCUT2D eigenvalue weighted by atomic mass is 9.85. The molecule has 3 fully saturated rings. The van der Waals surface area contributed by atoms with E-state index < -0.39 is 0 Å². The van der Waals surface area contributed by atoms with Crippen molar-refractivity contribution in [2.75, 3.05) is 32.7 Å². The number of nitrogens with zero attached hydrogens (tertiary/aromatic N) is 4. The van der Waals surface area contributed by atoms with Crippen molar-refractivity contribution in [2.45, 2.75) is 43.6 Å². The second-order valence-corrected chi connectivity index (χ2v) is 7.15.